The summed E-state index contributed by atoms with van der Waals surface area (Å²) in [6, 6.07) is 7.95. The summed E-state index contributed by atoms with van der Waals surface area (Å²) in [5, 5.41) is 3.37. The molecular weight excluding hydrogens is 273 g/mol. The van der Waals surface area contributed by atoms with E-state index in [0.29, 0.717) is 27.1 Å². The van der Waals surface area contributed by atoms with Crippen molar-refractivity contribution in [1.82, 2.24) is 4.98 Å². The summed E-state index contributed by atoms with van der Waals surface area (Å²) in [6.45, 7) is 0. The lowest BCUT2D eigenvalue weighted by Gasteiger charge is -2.06. The maximum Gasteiger partial charge on any atom is 0.256 e. The van der Waals surface area contributed by atoms with Crippen LogP contribution in [0.1, 0.15) is 10.4 Å². The third-order valence-electron chi connectivity index (χ3n) is 2.25. The average Bonchev–Trinajstić information content (AvgIpc) is 2.35. The molecule has 3 N–H and O–H groups in total. The second-order valence-corrected chi connectivity index (χ2v) is 4.34. The molecule has 0 saturated carbocycles. The minimum atomic E-state index is -0.348. The number of nitrogen functional groups attached to an aromatic ring is 1. The molecule has 2 aromatic rings. The third-order valence-corrected chi connectivity index (χ3v) is 2.90. The van der Waals surface area contributed by atoms with Crippen LogP contribution in [0.25, 0.3) is 0 Å². The van der Waals surface area contributed by atoms with E-state index in [4.69, 9.17) is 28.9 Å². The zero-order valence-corrected chi connectivity index (χ0v) is 10.7. The van der Waals surface area contributed by atoms with Crippen molar-refractivity contribution in [2.24, 2.45) is 0 Å². The molecule has 0 aliphatic rings. The van der Waals surface area contributed by atoms with Crippen molar-refractivity contribution in [2.75, 3.05) is 11.1 Å². The molecule has 6 heteroatoms. The standard InChI is InChI=1S/C12H9Cl2N3O/c13-8-4-3-7(6-10(8)15)12(18)17-11-9(14)2-1-5-16-11/h1-6H,15H2,(H,16,17,18). The molecule has 1 aromatic carbocycles. The highest BCUT2D eigenvalue weighted by Crippen LogP contribution is 2.21. The van der Waals surface area contributed by atoms with E-state index in [0.717, 1.165) is 0 Å². The molecule has 1 aromatic heterocycles. The Morgan fingerprint density at radius 3 is 2.67 bits per heavy atom. The fourth-order valence-electron chi connectivity index (χ4n) is 1.34. The molecule has 18 heavy (non-hydrogen) atoms. The van der Waals surface area contributed by atoms with Gasteiger partial charge in [-0.3, -0.25) is 4.79 Å². The lowest BCUT2D eigenvalue weighted by atomic mass is 10.2. The number of nitrogens with zero attached hydrogens (tertiary/aromatic N) is 1. The number of aromatic nitrogens is 1. The molecule has 4 nitrogen and oxygen atoms in total. The molecular formula is C12H9Cl2N3O. The number of pyridine rings is 1. The highest BCUT2D eigenvalue weighted by molar-refractivity contribution is 6.34. The van der Waals surface area contributed by atoms with Crippen LogP contribution in [-0.2, 0) is 0 Å². The van der Waals surface area contributed by atoms with Gasteiger partial charge in [0.05, 0.1) is 15.7 Å². The predicted octanol–water partition coefficient (Wildman–Crippen LogP) is 3.22. The maximum absolute atomic E-state index is 11.9. The topological polar surface area (TPSA) is 68.0 Å². The van der Waals surface area contributed by atoms with Crippen molar-refractivity contribution in [3.63, 3.8) is 0 Å². The fraction of sp³-hybridized carbons (Fsp3) is 0. The summed E-state index contributed by atoms with van der Waals surface area (Å²) < 4.78 is 0. The Balaban J connectivity index is 2.22. The molecule has 0 aliphatic heterocycles. The Labute approximate surface area is 114 Å². The van der Waals surface area contributed by atoms with Crippen LogP contribution in [0.15, 0.2) is 36.5 Å². The van der Waals surface area contributed by atoms with Crippen molar-refractivity contribution in [3.8, 4) is 0 Å². The largest absolute Gasteiger partial charge is 0.398 e. The Morgan fingerprint density at radius 1 is 1.22 bits per heavy atom. The number of halogens is 2. The molecule has 1 amide bonds. The van der Waals surface area contributed by atoms with Gasteiger partial charge in [-0.2, -0.15) is 0 Å². The smallest absolute Gasteiger partial charge is 0.256 e. The predicted molar refractivity (Wildman–Crippen MR) is 73.1 cm³/mol. The van der Waals surface area contributed by atoms with E-state index in [1.54, 1.807) is 24.3 Å². The van der Waals surface area contributed by atoms with Crippen LogP contribution < -0.4 is 11.1 Å². The van der Waals surface area contributed by atoms with Gasteiger partial charge < -0.3 is 11.1 Å². The van der Waals surface area contributed by atoms with Gasteiger partial charge in [0.2, 0.25) is 0 Å². The van der Waals surface area contributed by atoms with Crippen LogP contribution in [-0.4, -0.2) is 10.9 Å². The monoisotopic (exact) mass is 281 g/mol. The average molecular weight is 282 g/mol. The maximum atomic E-state index is 11.9. The number of anilines is 2. The van der Waals surface area contributed by atoms with Crippen molar-refractivity contribution >= 4 is 40.6 Å². The fourth-order valence-corrected chi connectivity index (χ4v) is 1.63. The quantitative estimate of drug-likeness (QED) is 0.831. The highest BCUT2D eigenvalue weighted by atomic mass is 35.5. The van der Waals surface area contributed by atoms with Crippen molar-refractivity contribution < 1.29 is 4.79 Å². The van der Waals surface area contributed by atoms with Crippen LogP contribution in [0.5, 0.6) is 0 Å². The minimum absolute atomic E-state index is 0.303. The number of hydrogen-bond acceptors (Lipinski definition) is 3. The summed E-state index contributed by atoms with van der Waals surface area (Å²) in [7, 11) is 0. The Morgan fingerprint density at radius 2 is 2.00 bits per heavy atom. The van der Waals surface area contributed by atoms with Crippen LogP contribution in [0.3, 0.4) is 0 Å². The Bertz CT molecular complexity index is 602. The van der Waals surface area contributed by atoms with E-state index in [2.05, 4.69) is 10.3 Å². The number of hydrogen-bond donors (Lipinski definition) is 2. The van der Waals surface area contributed by atoms with E-state index in [-0.39, 0.29) is 5.91 Å². The van der Waals surface area contributed by atoms with E-state index in [1.807, 2.05) is 0 Å². The van der Waals surface area contributed by atoms with Gasteiger partial charge in [0.1, 0.15) is 0 Å². The normalized spacial score (nSPS) is 10.1. The lowest BCUT2D eigenvalue weighted by Crippen LogP contribution is -2.13. The summed E-state index contributed by atoms with van der Waals surface area (Å²) >= 11 is 11.7. The van der Waals surface area contributed by atoms with Crippen LogP contribution in [0.2, 0.25) is 10.0 Å². The van der Waals surface area contributed by atoms with Gasteiger partial charge in [-0.25, -0.2) is 4.98 Å². The first-order valence-corrected chi connectivity index (χ1v) is 5.80. The number of nitrogens with one attached hydrogen (secondary N) is 1. The van der Waals surface area contributed by atoms with Gasteiger partial charge in [0.15, 0.2) is 5.82 Å². The van der Waals surface area contributed by atoms with Crippen LogP contribution >= 0.6 is 23.2 Å². The number of carbonyl (C=O) groups excluding carboxylic acids is 1. The molecule has 0 spiro atoms. The molecule has 0 aliphatic carbocycles. The number of rotatable bonds is 2. The van der Waals surface area contributed by atoms with E-state index >= 15 is 0 Å². The number of carbonyl (C=O) groups is 1. The van der Waals surface area contributed by atoms with Gasteiger partial charge in [-0.1, -0.05) is 23.2 Å². The van der Waals surface area contributed by atoms with Gasteiger partial charge in [-0.15, -0.1) is 0 Å². The molecule has 0 atom stereocenters. The second kappa shape index (κ2) is 5.25. The summed E-state index contributed by atoms with van der Waals surface area (Å²) in [5.41, 5.74) is 6.36. The molecule has 2 rings (SSSR count). The molecule has 1 heterocycles. The van der Waals surface area contributed by atoms with Crippen molar-refractivity contribution in [3.05, 3.63) is 52.1 Å². The number of benzene rings is 1. The van der Waals surface area contributed by atoms with E-state index in [9.17, 15) is 4.79 Å². The molecule has 0 unspecified atom stereocenters. The van der Waals surface area contributed by atoms with E-state index in [1.165, 1.54) is 12.3 Å². The van der Waals surface area contributed by atoms with Crippen LogP contribution in [0.4, 0.5) is 11.5 Å². The van der Waals surface area contributed by atoms with Crippen LogP contribution in [0, 0.1) is 0 Å². The molecule has 0 fully saturated rings. The van der Waals surface area contributed by atoms with Gasteiger partial charge in [-0.05, 0) is 30.3 Å². The van der Waals surface area contributed by atoms with Crippen molar-refractivity contribution in [2.45, 2.75) is 0 Å². The lowest BCUT2D eigenvalue weighted by molar-refractivity contribution is 0.102. The molecule has 0 saturated heterocycles. The van der Waals surface area contributed by atoms with Gasteiger partial charge in [0, 0.05) is 11.8 Å². The van der Waals surface area contributed by atoms with Crippen molar-refractivity contribution in [1.29, 1.82) is 0 Å². The first-order chi connectivity index (χ1) is 8.58. The minimum Gasteiger partial charge on any atom is -0.398 e. The third kappa shape index (κ3) is 2.72. The highest BCUT2D eigenvalue weighted by Gasteiger charge is 2.10. The molecule has 0 bridgehead atoms. The number of amides is 1. The Hall–Kier alpha value is -1.78. The SMILES string of the molecule is Nc1cc(C(=O)Nc2ncccc2Cl)ccc1Cl. The number of nitrogens with two attached hydrogens (primary N) is 1. The first kappa shape index (κ1) is 12.7. The molecule has 92 valence electrons. The molecule has 0 radical (unpaired) electrons. The summed E-state index contributed by atoms with van der Waals surface area (Å²) in [6.07, 6.45) is 1.54. The second-order valence-electron chi connectivity index (χ2n) is 3.52. The zero-order valence-electron chi connectivity index (χ0n) is 9.15. The van der Waals surface area contributed by atoms with Gasteiger partial charge >= 0.3 is 0 Å². The summed E-state index contributed by atoms with van der Waals surface area (Å²) in [4.78, 5) is 15.9. The first-order valence-electron chi connectivity index (χ1n) is 5.05. The van der Waals surface area contributed by atoms with E-state index < -0.39 is 0 Å². The summed E-state index contributed by atoms with van der Waals surface area (Å²) in [5.74, 6) is -0.0448. The van der Waals surface area contributed by atoms with Gasteiger partial charge in [0.25, 0.3) is 5.91 Å². The zero-order chi connectivity index (χ0) is 13.1. The Kier molecular flexibility index (Phi) is 3.69.